The molecule has 0 bridgehead atoms. The number of hydrogen-bond acceptors (Lipinski definition) is 6. The van der Waals surface area contributed by atoms with Gasteiger partial charge in [0.1, 0.15) is 0 Å². The third-order valence-electron chi connectivity index (χ3n) is 3.13. The molecule has 0 saturated carbocycles. The van der Waals surface area contributed by atoms with Crippen molar-refractivity contribution in [2.45, 2.75) is 4.90 Å². The van der Waals surface area contributed by atoms with E-state index in [0.29, 0.717) is 10.7 Å². The summed E-state index contributed by atoms with van der Waals surface area (Å²) in [5.74, 6) is 0. The molecular weight excluding hydrogens is 346 g/mol. The van der Waals surface area contributed by atoms with Gasteiger partial charge in [-0.25, -0.2) is 4.98 Å². The van der Waals surface area contributed by atoms with E-state index in [9.17, 15) is 8.42 Å². The van der Waals surface area contributed by atoms with Crippen molar-refractivity contribution in [3.8, 4) is 11.3 Å². The fourth-order valence-electron chi connectivity index (χ4n) is 1.95. The Kier molecular flexibility index (Phi) is 4.70. The zero-order valence-corrected chi connectivity index (χ0v) is 14.0. The van der Waals surface area contributed by atoms with Gasteiger partial charge in [0.05, 0.1) is 16.8 Å². The minimum Gasteiger partial charge on any atom is -0.282 e. The molecule has 0 radical (unpaired) electrons. The average molecular weight is 359 g/mol. The molecule has 0 fully saturated rings. The maximum Gasteiger partial charge on any atom is 0.294 e. The summed E-state index contributed by atoms with van der Waals surface area (Å²) in [6.45, 7) is 0. The van der Waals surface area contributed by atoms with Crippen LogP contribution in [-0.4, -0.2) is 24.2 Å². The third kappa shape index (κ3) is 4.05. The summed E-state index contributed by atoms with van der Waals surface area (Å²) in [7, 11) is -4.18. The number of hydrogen-bond donors (Lipinski definition) is 2. The van der Waals surface area contributed by atoms with E-state index < -0.39 is 10.1 Å². The van der Waals surface area contributed by atoms with Crippen molar-refractivity contribution < 1.29 is 13.0 Å². The van der Waals surface area contributed by atoms with E-state index in [0.717, 1.165) is 11.3 Å². The molecule has 1 aromatic heterocycles. The van der Waals surface area contributed by atoms with Crippen molar-refractivity contribution in [1.82, 2.24) is 4.98 Å². The molecule has 0 saturated heterocycles. The highest BCUT2D eigenvalue weighted by Crippen LogP contribution is 2.24. The highest BCUT2D eigenvalue weighted by molar-refractivity contribution is 7.85. The molecule has 2 aromatic carbocycles. The molecule has 3 rings (SSSR count). The van der Waals surface area contributed by atoms with E-state index >= 15 is 0 Å². The summed E-state index contributed by atoms with van der Waals surface area (Å²) < 4.78 is 30.9. The molecule has 0 spiro atoms. The van der Waals surface area contributed by atoms with Gasteiger partial charge in [-0.05, 0) is 17.7 Å². The number of benzene rings is 2. The van der Waals surface area contributed by atoms with Crippen LogP contribution in [-0.2, 0) is 10.1 Å². The Bertz CT molecular complexity index is 950. The van der Waals surface area contributed by atoms with Crippen LogP contribution in [0.2, 0.25) is 0 Å². The van der Waals surface area contributed by atoms with Crippen LogP contribution in [0.25, 0.3) is 11.3 Å². The normalized spacial score (nSPS) is 11.7. The maximum absolute atomic E-state index is 11.0. The lowest BCUT2D eigenvalue weighted by Gasteiger charge is -1.98. The molecule has 122 valence electrons. The summed E-state index contributed by atoms with van der Waals surface area (Å²) in [5.41, 5.74) is 5.43. The van der Waals surface area contributed by atoms with Crippen molar-refractivity contribution in [2.75, 3.05) is 5.43 Å². The molecule has 0 atom stereocenters. The van der Waals surface area contributed by atoms with Crippen molar-refractivity contribution in [1.29, 1.82) is 0 Å². The van der Waals surface area contributed by atoms with Gasteiger partial charge in [-0.2, -0.15) is 13.5 Å². The molecular formula is C16H13N3O3S2. The number of hydrazone groups is 1. The van der Waals surface area contributed by atoms with E-state index in [-0.39, 0.29) is 4.90 Å². The van der Waals surface area contributed by atoms with E-state index in [2.05, 4.69) is 15.5 Å². The van der Waals surface area contributed by atoms with Gasteiger partial charge in [0.2, 0.25) is 5.13 Å². The largest absolute Gasteiger partial charge is 0.294 e. The average Bonchev–Trinajstić information content (AvgIpc) is 3.04. The summed E-state index contributed by atoms with van der Waals surface area (Å²) in [6, 6.07) is 15.6. The number of anilines is 1. The maximum atomic E-state index is 11.0. The van der Waals surface area contributed by atoms with Gasteiger partial charge in [-0.3, -0.25) is 9.98 Å². The number of aromatic nitrogens is 1. The molecule has 0 aliphatic carbocycles. The number of rotatable bonds is 5. The van der Waals surface area contributed by atoms with Gasteiger partial charge in [-0.1, -0.05) is 42.5 Å². The summed E-state index contributed by atoms with van der Waals surface area (Å²) in [6.07, 6.45) is 1.54. The predicted molar refractivity (Wildman–Crippen MR) is 95.0 cm³/mol. The second kappa shape index (κ2) is 6.91. The Labute approximate surface area is 143 Å². The molecule has 3 aromatic rings. The standard InChI is InChI=1S/C16H13N3O3S2/c20-24(21,22)14-8-6-12(7-9-14)10-17-19-16-18-15(11-23-16)13-4-2-1-3-5-13/h1-11H,(H,18,19)(H,20,21,22). The van der Waals surface area contributed by atoms with Crippen LogP contribution in [0.5, 0.6) is 0 Å². The molecule has 6 nitrogen and oxygen atoms in total. The van der Waals surface area contributed by atoms with E-state index in [4.69, 9.17) is 4.55 Å². The fraction of sp³-hybridized carbons (Fsp3) is 0. The van der Waals surface area contributed by atoms with Crippen LogP contribution in [0.1, 0.15) is 5.56 Å². The Morgan fingerprint density at radius 3 is 2.46 bits per heavy atom. The molecule has 0 aliphatic heterocycles. The van der Waals surface area contributed by atoms with Crippen molar-refractivity contribution in [2.24, 2.45) is 5.10 Å². The zero-order valence-electron chi connectivity index (χ0n) is 12.3. The van der Waals surface area contributed by atoms with E-state index in [1.807, 2.05) is 35.7 Å². The van der Waals surface area contributed by atoms with Crippen LogP contribution in [0.3, 0.4) is 0 Å². The topological polar surface area (TPSA) is 91.7 Å². The molecule has 0 unspecified atom stereocenters. The predicted octanol–water partition coefficient (Wildman–Crippen LogP) is 3.50. The first kappa shape index (κ1) is 16.3. The van der Waals surface area contributed by atoms with Crippen LogP contribution in [0.4, 0.5) is 5.13 Å². The molecule has 0 aliphatic rings. The quantitative estimate of drug-likeness (QED) is 0.413. The van der Waals surface area contributed by atoms with Gasteiger partial charge in [-0.15, -0.1) is 11.3 Å². The van der Waals surface area contributed by atoms with Crippen LogP contribution in [0.15, 0.2) is 70.0 Å². The van der Waals surface area contributed by atoms with Crippen molar-refractivity contribution in [3.05, 3.63) is 65.5 Å². The highest BCUT2D eigenvalue weighted by Gasteiger charge is 2.07. The monoisotopic (exact) mass is 359 g/mol. The number of nitrogens with zero attached hydrogens (tertiary/aromatic N) is 2. The lowest BCUT2D eigenvalue weighted by atomic mass is 10.2. The zero-order chi connectivity index (χ0) is 17.0. The summed E-state index contributed by atoms with van der Waals surface area (Å²) in [4.78, 5) is 4.29. The summed E-state index contributed by atoms with van der Waals surface area (Å²) in [5, 5.41) is 6.66. The Morgan fingerprint density at radius 2 is 1.79 bits per heavy atom. The highest BCUT2D eigenvalue weighted by atomic mass is 32.2. The van der Waals surface area contributed by atoms with Gasteiger partial charge in [0, 0.05) is 10.9 Å². The van der Waals surface area contributed by atoms with Gasteiger partial charge in [0.15, 0.2) is 0 Å². The molecule has 24 heavy (non-hydrogen) atoms. The fourth-order valence-corrected chi connectivity index (χ4v) is 3.10. The lowest BCUT2D eigenvalue weighted by molar-refractivity contribution is 0.483. The van der Waals surface area contributed by atoms with E-state index in [1.165, 1.54) is 29.7 Å². The van der Waals surface area contributed by atoms with Gasteiger partial charge in [0.25, 0.3) is 10.1 Å². The SMILES string of the molecule is O=S(=O)(O)c1ccc(C=NNc2nc(-c3ccccc3)cs2)cc1. The molecule has 8 heteroatoms. The minimum atomic E-state index is -4.18. The lowest BCUT2D eigenvalue weighted by Crippen LogP contribution is -1.98. The van der Waals surface area contributed by atoms with E-state index in [1.54, 1.807) is 12.1 Å². The van der Waals surface area contributed by atoms with Crippen LogP contribution >= 0.6 is 11.3 Å². The smallest absolute Gasteiger partial charge is 0.282 e. The second-order valence-corrected chi connectivity index (χ2v) is 7.10. The van der Waals surface area contributed by atoms with Crippen LogP contribution in [0, 0.1) is 0 Å². The first-order valence-electron chi connectivity index (χ1n) is 6.90. The van der Waals surface area contributed by atoms with Crippen molar-refractivity contribution >= 4 is 32.8 Å². The number of nitrogens with one attached hydrogen (secondary N) is 1. The van der Waals surface area contributed by atoms with Gasteiger partial charge >= 0.3 is 0 Å². The number of thiazole rings is 1. The molecule has 1 heterocycles. The molecule has 2 N–H and O–H groups in total. The van der Waals surface area contributed by atoms with Crippen molar-refractivity contribution in [3.63, 3.8) is 0 Å². The Balaban J connectivity index is 1.66. The Hall–Kier alpha value is -2.55. The van der Waals surface area contributed by atoms with Crippen LogP contribution < -0.4 is 5.43 Å². The minimum absolute atomic E-state index is 0.153. The second-order valence-electron chi connectivity index (χ2n) is 4.82. The third-order valence-corrected chi connectivity index (χ3v) is 4.74. The van der Waals surface area contributed by atoms with Gasteiger partial charge < -0.3 is 0 Å². The first-order chi connectivity index (χ1) is 11.5. The first-order valence-corrected chi connectivity index (χ1v) is 9.22. The Morgan fingerprint density at radius 1 is 1.08 bits per heavy atom. The summed E-state index contributed by atoms with van der Waals surface area (Å²) >= 11 is 1.44. The molecule has 0 amide bonds.